The molecular weight excluding hydrogens is 529 g/mol. The quantitative estimate of drug-likeness (QED) is 0.268. The minimum Gasteiger partial charge on any atom is -0.354 e. The zero-order valence-corrected chi connectivity index (χ0v) is 24.2. The first-order valence-corrected chi connectivity index (χ1v) is 15.1. The van der Waals surface area contributed by atoms with Gasteiger partial charge in [0.2, 0.25) is 11.8 Å². The molecule has 1 atom stereocenters. The van der Waals surface area contributed by atoms with Gasteiger partial charge in [-0.1, -0.05) is 75.7 Å². The van der Waals surface area contributed by atoms with Gasteiger partial charge in [-0.2, -0.15) is 0 Å². The minimum atomic E-state index is -4.13. The average Bonchev–Trinajstić information content (AvgIpc) is 2.97. The summed E-state index contributed by atoms with van der Waals surface area (Å²) in [5, 5.41) is 2.90. The number of carbonyl (C=O) groups excluding carboxylic acids is 2. The van der Waals surface area contributed by atoms with Crippen LogP contribution in [0.15, 0.2) is 83.8 Å². The maximum absolute atomic E-state index is 14.1. The lowest BCUT2D eigenvalue weighted by molar-refractivity contribution is -0.140. The monoisotopic (exact) mass is 567 g/mol. The molecule has 214 valence electrons. The first-order valence-electron chi connectivity index (χ1n) is 13.7. The van der Waals surface area contributed by atoms with E-state index < -0.39 is 34.3 Å². The van der Waals surface area contributed by atoms with Crippen LogP contribution < -0.4 is 9.62 Å². The van der Waals surface area contributed by atoms with E-state index in [2.05, 4.69) is 5.32 Å². The van der Waals surface area contributed by atoms with Crippen LogP contribution in [0.25, 0.3) is 0 Å². The van der Waals surface area contributed by atoms with Crippen LogP contribution >= 0.6 is 0 Å². The highest BCUT2D eigenvalue weighted by molar-refractivity contribution is 7.92. The van der Waals surface area contributed by atoms with Crippen LogP contribution in [0.2, 0.25) is 0 Å². The van der Waals surface area contributed by atoms with Crippen LogP contribution in [-0.2, 0) is 32.6 Å². The zero-order valence-electron chi connectivity index (χ0n) is 23.3. The molecule has 40 heavy (non-hydrogen) atoms. The van der Waals surface area contributed by atoms with Crippen LogP contribution in [0.3, 0.4) is 0 Å². The molecule has 1 N–H and O–H groups in total. The Bertz CT molecular complexity index is 1360. The van der Waals surface area contributed by atoms with Gasteiger partial charge in [-0.3, -0.25) is 13.9 Å². The predicted octanol–water partition coefficient (Wildman–Crippen LogP) is 5.31. The second-order valence-electron chi connectivity index (χ2n) is 9.52. The summed E-state index contributed by atoms with van der Waals surface area (Å²) in [7, 11) is -4.13. The number of aryl methyl sites for hydroxylation is 1. The van der Waals surface area contributed by atoms with E-state index in [-0.39, 0.29) is 17.3 Å². The zero-order chi connectivity index (χ0) is 29.1. The molecule has 0 bridgehead atoms. The summed E-state index contributed by atoms with van der Waals surface area (Å²) in [4.78, 5) is 28.8. The summed E-state index contributed by atoms with van der Waals surface area (Å²) in [5.41, 5.74) is 1.80. The Hall–Kier alpha value is -3.72. The fraction of sp³-hybridized carbons (Fsp3) is 0.355. The number of sulfonamides is 1. The van der Waals surface area contributed by atoms with Gasteiger partial charge in [0.05, 0.1) is 10.6 Å². The number of anilines is 1. The number of unbranched alkanes of at least 4 members (excludes halogenated alkanes) is 1. The van der Waals surface area contributed by atoms with Gasteiger partial charge in [-0.15, -0.1) is 0 Å². The van der Waals surface area contributed by atoms with Gasteiger partial charge >= 0.3 is 0 Å². The van der Waals surface area contributed by atoms with Crippen molar-refractivity contribution in [2.45, 2.75) is 63.9 Å². The van der Waals surface area contributed by atoms with Crippen LogP contribution in [0.5, 0.6) is 0 Å². The maximum Gasteiger partial charge on any atom is 0.264 e. The standard InChI is InChI=1S/C31H38FN3O4S/c1-4-7-21-33-31(37)28(6-3)34(22-24-17-19-26(32)20-18-24)30(36)23-35(29-16-12-11-13-25(29)5-2)40(38,39)27-14-9-8-10-15-27/h8-20,28H,4-7,21-23H2,1-3H3,(H,33,37)/t28-/m0/s1. The first-order chi connectivity index (χ1) is 19.2. The molecule has 3 rings (SSSR count). The molecule has 0 saturated carbocycles. The molecule has 3 aromatic carbocycles. The molecule has 0 heterocycles. The smallest absolute Gasteiger partial charge is 0.264 e. The van der Waals surface area contributed by atoms with Gasteiger partial charge < -0.3 is 10.2 Å². The molecule has 9 heteroatoms. The third-order valence-corrected chi connectivity index (χ3v) is 8.51. The van der Waals surface area contributed by atoms with E-state index in [0.717, 1.165) is 22.7 Å². The van der Waals surface area contributed by atoms with Crippen LogP contribution in [0.4, 0.5) is 10.1 Å². The lowest BCUT2D eigenvalue weighted by atomic mass is 10.1. The average molecular weight is 568 g/mol. The van der Waals surface area contributed by atoms with E-state index in [1.807, 2.05) is 26.0 Å². The van der Waals surface area contributed by atoms with E-state index >= 15 is 0 Å². The van der Waals surface area contributed by atoms with Crippen molar-refractivity contribution in [2.24, 2.45) is 0 Å². The summed E-state index contributed by atoms with van der Waals surface area (Å²) >= 11 is 0. The largest absolute Gasteiger partial charge is 0.354 e. The molecule has 0 radical (unpaired) electrons. The highest BCUT2D eigenvalue weighted by Crippen LogP contribution is 2.28. The molecule has 3 aromatic rings. The van der Waals surface area contributed by atoms with E-state index in [9.17, 15) is 22.4 Å². The predicted molar refractivity (Wildman–Crippen MR) is 156 cm³/mol. The number of hydrogen-bond acceptors (Lipinski definition) is 4. The Morgan fingerprint density at radius 2 is 1.55 bits per heavy atom. The van der Waals surface area contributed by atoms with Crippen LogP contribution in [0.1, 0.15) is 51.2 Å². The number of rotatable bonds is 14. The molecule has 0 aliphatic heterocycles. The van der Waals surface area contributed by atoms with Crippen molar-refractivity contribution in [2.75, 3.05) is 17.4 Å². The van der Waals surface area contributed by atoms with Crippen molar-refractivity contribution in [1.29, 1.82) is 0 Å². The molecule has 0 spiro atoms. The summed E-state index contributed by atoms with van der Waals surface area (Å²) in [6.07, 6.45) is 2.58. The number of benzene rings is 3. The van der Waals surface area contributed by atoms with E-state index in [4.69, 9.17) is 0 Å². The Balaban J connectivity index is 2.05. The molecule has 7 nitrogen and oxygen atoms in total. The number of hydrogen-bond donors (Lipinski definition) is 1. The van der Waals surface area contributed by atoms with Crippen molar-refractivity contribution >= 4 is 27.5 Å². The van der Waals surface area contributed by atoms with Gasteiger partial charge in [0.1, 0.15) is 18.4 Å². The highest BCUT2D eigenvalue weighted by Gasteiger charge is 2.34. The summed E-state index contributed by atoms with van der Waals surface area (Å²) in [6.45, 7) is 5.73. The molecule has 0 aliphatic carbocycles. The maximum atomic E-state index is 14.1. The number of halogens is 1. The molecule has 0 aromatic heterocycles. The van der Waals surface area contributed by atoms with Crippen molar-refractivity contribution in [3.63, 3.8) is 0 Å². The van der Waals surface area contributed by atoms with Gasteiger partial charge in [0.15, 0.2) is 0 Å². The molecule has 0 unspecified atom stereocenters. The number of amides is 2. The minimum absolute atomic E-state index is 0.0213. The Labute approximate surface area is 237 Å². The Kier molecular flexibility index (Phi) is 11.3. The van der Waals surface area contributed by atoms with Crippen molar-refractivity contribution in [3.05, 3.63) is 95.8 Å². The molecular formula is C31H38FN3O4S. The summed E-state index contributed by atoms with van der Waals surface area (Å²) in [5.74, 6) is -1.26. The number of nitrogens with one attached hydrogen (secondary N) is 1. The highest BCUT2D eigenvalue weighted by atomic mass is 32.2. The second-order valence-corrected chi connectivity index (χ2v) is 11.4. The van der Waals surface area contributed by atoms with Crippen LogP contribution in [0, 0.1) is 5.82 Å². The van der Waals surface area contributed by atoms with Gasteiger partial charge in [-0.25, -0.2) is 12.8 Å². The molecule has 0 saturated heterocycles. The molecule has 0 aliphatic rings. The number of nitrogens with zero attached hydrogens (tertiary/aromatic N) is 2. The van der Waals surface area contributed by atoms with Crippen molar-refractivity contribution in [3.8, 4) is 0 Å². The fourth-order valence-corrected chi connectivity index (χ4v) is 5.97. The third-order valence-electron chi connectivity index (χ3n) is 6.73. The van der Waals surface area contributed by atoms with Gasteiger partial charge in [0, 0.05) is 13.1 Å². The molecule has 2 amide bonds. The van der Waals surface area contributed by atoms with Crippen molar-refractivity contribution in [1.82, 2.24) is 10.2 Å². The van der Waals surface area contributed by atoms with Gasteiger partial charge in [0.25, 0.3) is 10.0 Å². The first kappa shape index (κ1) is 30.8. The lowest BCUT2D eigenvalue weighted by Gasteiger charge is -2.33. The SMILES string of the molecule is CCCCNC(=O)[C@H](CC)N(Cc1ccc(F)cc1)C(=O)CN(c1ccccc1CC)S(=O)(=O)c1ccccc1. The van der Waals surface area contributed by atoms with Gasteiger partial charge in [-0.05, 0) is 60.7 Å². The Morgan fingerprint density at radius 3 is 2.17 bits per heavy atom. The second kappa shape index (κ2) is 14.6. The normalized spacial score (nSPS) is 12.0. The fourth-order valence-electron chi connectivity index (χ4n) is 4.50. The van der Waals surface area contributed by atoms with E-state index in [1.54, 1.807) is 49.4 Å². The van der Waals surface area contributed by atoms with E-state index in [0.29, 0.717) is 30.6 Å². The van der Waals surface area contributed by atoms with E-state index in [1.165, 1.54) is 29.2 Å². The Morgan fingerprint density at radius 1 is 0.900 bits per heavy atom. The summed E-state index contributed by atoms with van der Waals surface area (Å²) in [6, 6.07) is 19.9. The van der Waals surface area contributed by atoms with Crippen LogP contribution in [-0.4, -0.2) is 44.3 Å². The topological polar surface area (TPSA) is 86.8 Å². The molecule has 0 fully saturated rings. The number of para-hydroxylation sites is 1. The summed E-state index contributed by atoms with van der Waals surface area (Å²) < 4.78 is 42.6. The number of carbonyl (C=O) groups is 2. The lowest BCUT2D eigenvalue weighted by Crippen LogP contribution is -2.52. The van der Waals surface area contributed by atoms with Crippen molar-refractivity contribution < 1.29 is 22.4 Å². The third kappa shape index (κ3) is 7.69.